The summed E-state index contributed by atoms with van der Waals surface area (Å²) in [6, 6.07) is 10.0. The second-order valence-electron chi connectivity index (χ2n) is 4.51. The van der Waals surface area contributed by atoms with Crippen molar-refractivity contribution in [3.05, 3.63) is 63.1 Å². The molecule has 0 saturated heterocycles. The molecule has 6 nitrogen and oxygen atoms in total. The molecule has 1 N–H and O–H groups in total. The predicted octanol–water partition coefficient (Wildman–Crippen LogP) is 2.44. The fraction of sp³-hybridized carbons (Fsp3) is 0.0714. The summed E-state index contributed by atoms with van der Waals surface area (Å²) >= 11 is 12.0. The molecule has 0 fully saturated rings. The second-order valence-corrected chi connectivity index (χ2v) is 5.33. The highest BCUT2D eigenvalue weighted by Gasteiger charge is 2.13. The molecular formula is C14H10Cl2N4O2. The van der Waals surface area contributed by atoms with Gasteiger partial charge in [-0.3, -0.25) is 9.20 Å². The van der Waals surface area contributed by atoms with Gasteiger partial charge in [-0.2, -0.15) is 0 Å². The van der Waals surface area contributed by atoms with Crippen LogP contribution in [0.5, 0.6) is 0 Å². The number of pyridine rings is 1. The summed E-state index contributed by atoms with van der Waals surface area (Å²) in [6.07, 6.45) is 1.59. The summed E-state index contributed by atoms with van der Waals surface area (Å²) < 4.78 is 2.44. The van der Waals surface area contributed by atoms with E-state index < -0.39 is 11.6 Å². The van der Waals surface area contributed by atoms with E-state index in [-0.39, 0.29) is 6.54 Å². The van der Waals surface area contributed by atoms with Crippen LogP contribution in [0.4, 0.5) is 5.69 Å². The van der Waals surface area contributed by atoms with Gasteiger partial charge in [-0.1, -0.05) is 35.3 Å². The molecule has 1 aromatic carbocycles. The Bertz CT molecular complexity index is 896. The van der Waals surface area contributed by atoms with Crippen LogP contribution < -0.4 is 11.0 Å². The van der Waals surface area contributed by atoms with Crippen LogP contribution >= 0.6 is 23.2 Å². The van der Waals surface area contributed by atoms with E-state index in [1.54, 1.807) is 42.6 Å². The van der Waals surface area contributed by atoms with E-state index in [9.17, 15) is 9.59 Å². The van der Waals surface area contributed by atoms with E-state index in [0.29, 0.717) is 21.4 Å². The number of halogens is 2. The van der Waals surface area contributed by atoms with Crippen LogP contribution in [0.2, 0.25) is 10.0 Å². The molecule has 0 saturated carbocycles. The highest BCUT2D eigenvalue weighted by molar-refractivity contribution is 6.39. The third-order valence-electron chi connectivity index (χ3n) is 3.01. The lowest BCUT2D eigenvalue weighted by atomic mass is 10.3. The first-order valence-corrected chi connectivity index (χ1v) is 7.10. The first-order chi connectivity index (χ1) is 10.6. The zero-order valence-electron chi connectivity index (χ0n) is 11.2. The number of aromatic nitrogens is 3. The van der Waals surface area contributed by atoms with Crippen molar-refractivity contribution < 1.29 is 4.79 Å². The van der Waals surface area contributed by atoms with Crippen molar-refractivity contribution in [2.24, 2.45) is 0 Å². The zero-order chi connectivity index (χ0) is 15.7. The maximum atomic E-state index is 12.1. The van der Waals surface area contributed by atoms with E-state index in [4.69, 9.17) is 23.2 Å². The third kappa shape index (κ3) is 2.70. The maximum absolute atomic E-state index is 12.1. The number of para-hydroxylation sites is 1. The van der Waals surface area contributed by atoms with Gasteiger partial charge in [0.15, 0.2) is 5.65 Å². The fourth-order valence-electron chi connectivity index (χ4n) is 2.00. The van der Waals surface area contributed by atoms with E-state index in [0.717, 1.165) is 4.68 Å². The fourth-order valence-corrected chi connectivity index (χ4v) is 2.50. The zero-order valence-corrected chi connectivity index (χ0v) is 12.7. The van der Waals surface area contributed by atoms with Crippen LogP contribution in [0.25, 0.3) is 5.65 Å². The van der Waals surface area contributed by atoms with Gasteiger partial charge in [0.1, 0.15) is 6.54 Å². The Labute approximate surface area is 134 Å². The molecule has 0 radical (unpaired) electrons. The molecule has 8 heteroatoms. The van der Waals surface area contributed by atoms with Gasteiger partial charge >= 0.3 is 5.69 Å². The predicted molar refractivity (Wildman–Crippen MR) is 84.5 cm³/mol. The van der Waals surface area contributed by atoms with Gasteiger partial charge in [-0.15, -0.1) is 5.10 Å². The average molecular weight is 337 g/mol. The normalized spacial score (nSPS) is 10.8. The topological polar surface area (TPSA) is 68.4 Å². The van der Waals surface area contributed by atoms with Crippen molar-refractivity contribution in [1.82, 2.24) is 14.2 Å². The van der Waals surface area contributed by atoms with Crippen molar-refractivity contribution >= 4 is 40.4 Å². The molecule has 3 aromatic rings. The molecule has 0 aliphatic heterocycles. The summed E-state index contributed by atoms with van der Waals surface area (Å²) in [5.41, 5.74) is 0.389. The van der Waals surface area contributed by atoms with Crippen LogP contribution in [0, 0.1) is 0 Å². The van der Waals surface area contributed by atoms with E-state index in [2.05, 4.69) is 10.4 Å². The van der Waals surface area contributed by atoms with Crippen LogP contribution in [0.1, 0.15) is 0 Å². The number of anilines is 1. The molecule has 0 aliphatic rings. The van der Waals surface area contributed by atoms with Crippen LogP contribution in [0.15, 0.2) is 47.4 Å². The summed E-state index contributed by atoms with van der Waals surface area (Å²) in [6.45, 7) is -0.234. The van der Waals surface area contributed by atoms with E-state index in [1.165, 1.54) is 4.40 Å². The van der Waals surface area contributed by atoms with Crippen molar-refractivity contribution in [2.45, 2.75) is 6.54 Å². The number of nitrogens with zero attached hydrogens (tertiary/aromatic N) is 3. The highest BCUT2D eigenvalue weighted by atomic mass is 35.5. The molecule has 1 amide bonds. The number of carbonyl (C=O) groups is 1. The molecular weight excluding hydrogens is 327 g/mol. The largest absolute Gasteiger partial charge is 0.350 e. The van der Waals surface area contributed by atoms with Crippen molar-refractivity contribution in [2.75, 3.05) is 5.32 Å². The molecule has 3 rings (SSSR count). The minimum absolute atomic E-state index is 0.234. The highest BCUT2D eigenvalue weighted by Crippen LogP contribution is 2.29. The summed E-state index contributed by atoms with van der Waals surface area (Å²) in [5.74, 6) is -0.444. The smallest absolute Gasteiger partial charge is 0.322 e. The number of rotatable bonds is 3. The molecule has 0 aliphatic carbocycles. The minimum atomic E-state index is -0.444. The Balaban J connectivity index is 1.85. The maximum Gasteiger partial charge on any atom is 0.350 e. The van der Waals surface area contributed by atoms with Gasteiger partial charge in [-0.25, -0.2) is 9.48 Å². The molecule has 2 heterocycles. The number of carbonyl (C=O) groups excluding carboxylic acids is 1. The van der Waals surface area contributed by atoms with Gasteiger partial charge in [-0.05, 0) is 24.3 Å². The van der Waals surface area contributed by atoms with Crippen molar-refractivity contribution in [1.29, 1.82) is 0 Å². The molecule has 112 valence electrons. The van der Waals surface area contributed by atoms with E-state index in [1.807, 2.05) is 0 Å². The van der Waals surface area contributed by atoms with Gasteiger partial charge < -0.3 is 5.32 Å². The monoisotopic (exact) mass is 336 g/mol. The quantitative estimate of drug-likeness (QED) is 0.798. The van der Waals surface area contributed by atoms with Crippen LogP contribution in [-0.2, 0) is 11.3 Å². The Morgan fingerprint density at radius 3 is 2.55 bits per heavy atom. The molecule has 22 heavy (non-hydrogen) atoms. The second kappa shape index (κ2) is 5.82. The Kier molecular flexibility index (Phi) is 3.87. The number of nitrogens with one attached hydrogen (secondary N) is 1. The molecule has 0 unspecified atom stereocenters. The molecule has 0 bridgehead atoms. The minimum Gasteiger partial charge on any atom is -0.322 e. The van der Waals surface area contributed by atoms with Gasteiger partial charge in [0.25, 0.3) is 0 Å². The van der Waals surface area contributed by atoms with Gasteiger partial charge in [0.2, 0.25) is 5.91 Å². The molecule has 0 spiro atoms. The lowest BCUT2D eigenvalue weighted by molar-refractivity contribution is -0.117. The first-order valence-electron chi connectivity index (χ1n) is 6.34. The summed E-state index contributed by atoms with van der Waals surface area (Å²) in [4.78, 5) is 24.2. The SMILES string of the molecule is O=C(Cn1nc2ccccn2c1=O)Nc1c(Cl)cccc1Cl. The standard InChI is InChI=1S/C14H10Cl2N4O2/c15-9-4-3-5-10(16)13(9)17-12(21)8-20-14(22)19-7-2-1-6-11(19)18-20/h1-7H,8H2,(H,17,21). The van der Waals surface area contributed by atoms with Crippen molar-refractivity contribution in [3.63, 3.8) is 0 Å². The molecule has 2 aromatic heterocycles. The van der Waals surface area contributed by atoms with Crippen LogP contribution in [0.3, 0.4) is 0 Å². The average Bonchev–Trinajstić information content (AvgIpc) is 2.80. The molecule has 0 atom stereocenters. The number of fused-ring (bicyclic) bond motifs is 1. The van der Waals surface area contributed by atoms with Gasteiger partial charge in [0.05, 0.1) is 15.7 Å². The Morgan fingerprint density at radius 2 is 1.86 bits per heavy atom. The number of benzene rings is 1. The Hall–Kier alpha value is -2.31. The number of hydrogen-bond donors (Lipinski definition) is 1. The lowest BCUT2D eigenvalue weighted by Crippen LogP contribution is -2.28. The summed E-state index contributed by atoms with van der Waals surface area (Å²) in [5, 5.41) is 7.31. The number of amides is 1. The lowest BCUT2D eigenvalue weighted by Gasteiger charge is -2.08. The van der Waals surface area contributed by atoms with Gasteiger partial charge in [0, 0.05) is 6.20 Å². The van der Waals surface area contributed by atoms with Crippen LogP contribution in [-0.4, -0.2) is 20.1 Å². The van der Waals surface area contributed by atoms with E-state index >= 15 is 0 Å². The third-order valence-corrected chi connectivity index (χ3v) is 3.64. The number of hydrogen-bond acceptors (Lipinski definition) is 3. The van der Waals surface area contributed by atoms with Crippen molar-refractivity contribution in [3.8, 4) is 0 Å². The first kappa shape index (κ1) is 14.6. The Morgan fingerprint density at radius 1 is 1.14 bits per heavy atom. The summed E-state index contributed by atoms with van der Waals surface area (Å²) in [7, 11) is 0.